The van der Waals surface area contributed by atoms with Crippen LogP contribution in [0, 0.1) is 5.92 Å². The zero-order valence-electron chi connectivity index (χ0n) is 12.1. The van der Waals surface area contributed by atoms with Crippen molar-refractivity contribution in [1.29, 1.82) is 0 Å². The number of aryl methyl sites for hydroxylation is 2. The number of fused-ring (bicyclic) bond motifs is 1. The second-order valence-electron chi connectivity index (χ2n) is 5.96. The van der Waals surface area contributed by atoms with E-state index in [9.17, 15) is 0 Å². The van der Waals surface area contributed by atoms with Gasteiger partial charge < -0.3 is 0 Å². The van der Waals surface area contributed by atoms with Gasteiger partial charge in [-0.2, -0.15) is 11.8 Å². The summed E-state index contributed by atoms with van der Waals surface area (Å²) in [5.74, 6) is 8.74. The smallest absolute Gasteiger partial charge is 0.0341 e. The van der Waals surface area contributed by atoms with E-state index in [0.717, 1.165) is 18.1 Å². The third kappa shape index (κ3) is 4.51. The molecule has 0 amide bonds. The maximum absolute atomic E-state index is 5.69. The first-order valence-corrected chi connectivity index (χ1v) is 8.49. The number of hydrogen-bond donors (Lipinski definition) is 2. The van der Waals surface area contributed by atoms with Gasteiger partial charge in [0.05, 0.1) is 0 Å². The summed E-state index contributed by atoms with van der Waals surface area (Å²) in [7, 11) is 0. The minimum Gasteiger partial charge on any atom is -0.271 e. The Hall–Kier alpha value is -0.510. The molecule has 0 bridgehead atoms. The molecule has 0 radical (unpaired) electrons. The minimum absolute atomic E-state index is 0.378. The number of hydrazine groups is 1. The second-order valence-corrected chi connectivity index (χ2v) is 7.03. The van der Waals surface area contributed by atoms with Gasteiger partial charge in [0, 0.05) is 11.8 Å². The van der Waals surface area contributed by atoms with E-state index in [-0.39, 0.29) is 0 Å². The van der Waals surface area contributed by atoms with Crippen molar-refractivity contribution in [2.24, 2.45) is 11.8 Å². The second kappa shape index (κ2) is 7.32. The predicted molar refractivity (Wildman–Crippen MR) is 85.4 cm³/mol. The molecular weight excluding hydrogens is 252 g/mol. The molecule has 3 heteroatoms. The van der Waals surface area contributed by atoms with Crippen molar-refractivity contribution in [3.63, 3.8) is 0 Å². The van der Waals surface area contributed by atoms with Gasteiger partial charge in [0.15, 0.2) is 0 Å². The summed E-state index contributed by atoms with van der Waals surface area (Å²) < 4.78 is 0. The van der Waals surface area contributed by atoms with Gasteiger partial charge in [0.1, 0.15) is 0 Å². The maximum atomic E-state index is 5.69. The van der Waals surface area contributed by atoms with Crippen molar-refractivity contribution in [3.05, 3.63) is 34.9 Å². The van der Waals surface area contributed by atoms with Crippen molar-refractivity contribution < 1.29 is 0 Å². The minimum atomic E-state index is 0.378. The Morgan fingerprint density at radius 3 is 2.74 bits per heavy atom. The first-order chi connectivity index (χ1) is 9.19. The van der Waals surface area contributed by atoms with E-state index in [2.05, 4.69) is 37.5 Å². The maximum Gasteiger partial charge on any atom is 0.0341 e. The zero-order valence-corrected chi connectivity index (χ0v) is 12.9. The lowest BCUT2D eigenvalue weighted by atomic mass is 10.0. The van der Waals surface area contributed by atoms with Crippen LogP contribution in [0.1, 0.15) is 37.0 Å². The Kier molecular flexibility index (Phi) is 5.74. The Labute approximate surface area is 121 Å². The summed E-state index contributed by atoms with van der Waals surface area (Å²) in [6.07, 6.45) is 4.88. The summed E-state index contributed by atoms with van der Waals surface area (Å²) >= 11 is 2.00. The van der Waals surface area contributed by atoms with Gasteiger partial charge in [-0.1, -0.05) is 32.0 Å². The van der Waals surface area contributed by atoms with Crippen molar-refractivity contribution in [1.82, 2.24) is 5.43 Å². The van der Waals surface area contributed by atoms with Crippen LogP contribution in [0.15, 0.2) is 18.2 Å². The largest absolute Gasteiger partial charge is 0.271 e. The quantitative estimate of drug-likeness (QED) is 0.595. The highest BCUT2D eigenvalue weighted by Crippen LogP contribution is 2.23. The van der Waals surface area contributed by atoms with Crippen LogP contribution >= 0.6 is 11.8 Å². The lowest BCUT2D eigenvalue weighted by Crippen LogP contribution is -2.38. The molecule has 0 aliphatic heterocycles. The Morgan fingerprint density at radius 1 is 1.21 bits per heavy atom. The van der Waals surface area contributed by atoms with Crippen LogP contribution in [-0.2, 0) is 19.3 Å². The van der Waals surface area contributed by atoms with Gasteiger partial charge in [0.25, 0.3) is 0 Å². The molecule has 2 nitrogen and oxygen atoms in total. The van der Waals surface area contributed by atoms with E-state index >= 15 is 0 Å². The first-order valence-electron chi connectivity index (χ1n) is 7.33. The molecular formula is C16H26N2S. The molecule has 0 fully saturated rings. The molecule has 19 heavy (non-hydrogen) atoms. The van der Waals surface area contributed by atoms with E-state index in [1.165, 1.54) is 30.6 Å². The third-order valence-electron chi connectivity index (χ3n) is 3.65. The lowest BCUT2D eigenvalue weighted by Gasteiger charge is -2.17. The highest BCUT2D eigenvalue weighted by Gasteiger charge is 2.13. The van der Waals surface area contributed by atoms with Crippen LogP contribution in [0.2, 0.25) is 0 Å². The van der Waals surface area contributed by atoms with Crippen LogP contribution in [0.4, 0.5) is 0 Å². The Balaban J connectivity index is 1.87. The number of thioether (sulfide) groups is 1. The molecule has 0 aromatic heterocycles. The predicted octanol–water partition coefficient (Wildman–Crippen LogP) is 2.94. The highest BCUT2D eigenvalue weighted by molar-refractivity contribution is 7.99. The third-order valence-corrected chi connectivity index (χ3v) is 5.19. The monoisotopic (exact) mass is 278 g/mol. The number of nitrogens with two attached hydrogens (primary N) is 1. The summed E-state index contributed by atoms with van der Waals surface area (Å²) in [5, 5.41) is 0. The molecule has 2 rings (SSSR count). The Morgan fingerprint density at radius 2 is 2.00 bits per heavy atom. The number of benzene rings is 1. The number of rotatable bonds is 7. The summed E-state index contributed by atoms with van der Waals surface area (Å²) in [6, 6.07) is 7.36. The SMILES string of the molecule is CC(C)CSCC(Cc1ccc2c(c1)CCC2)NN. The summed E-state index contributed by atoms with van der Waals surface area (Å²) in [6.45, 7) is 4.52. The fourth-order valence-electron chi connectivity index (χ4n) is 2.65. The van der Waals surface area contributed by atoms with Gasteiger partial charge in [-0.05, 0) is 54.0 Å². The van der Waals surface area contributed by atoms with Crippen LogP contribution in [0.25, 0.3) is 0 Å². The normalized spacial score (nSPS) is 15.8. The Bertz CT molecular complexity index is 404. The van der Waals surface area contributed by atoms with E-state index in [0.29, 0.717) is 6.04 Å². The van der Waals surface area contributed by atoms with Crippen molar-refractivity contribution in [2.45, 2.75) is 45.6 Å². The van der Waals surface area contributed by atoms with Gasteiger partial charge >= 0.3 is 0 Å². The molecule has 3 N–H and O–H groups in total. The van der Waals surface area contributed by atoms with Crippen molar-refractivity contribution in [3.8, 4) is 0 Å². The molecule has 0 saturated heterocycles. The van der Waals surface area contributed by atoms with E-state index in [1.54, 1.807) is 11.1 Å². The summed E-state index contributed by atoms with van der Waals surface area (Å²) in [5.41, 5.74) is 7.51. The van der Waals surface area contributed by atoms with Crippen LogP contribution < -0.4 is 11.3 Å². The molecule has 1 aromatic carbocycles. The van der Waals surface area contributed by atoms with E-state index in [4.69, 9.17) is 5.84 Å². The van der Waals surface area contributed by atoms with Gasteiger partial charge in [-0.15, -0.1) is 0 Å². The molecule has 1 aliphatic rings. The fraction of sp³-hybridized carbons (Fsp3) is 0.625. The van der Waals surface area contributed by atoms with Crippen LogP contribution in [0.5, 0.6) is 0 Å². The van der Waals surface area contributed by atoms with Crippen LogP contribution in [0.3, 0.4) is 0 Å². The average molecular weight is 278 g/mol. The van der Waals surface area contributed by atoms with Crippen molar-refractivity contribution in [2.75, 3.05) is 11.5 Å². The molecule has 0 heterocycles. The molecule has 106 valence electrons. The topological polar surface area (TPSA) is 38.0 Å². The molecule has 0 spiro atoms. The molecule has 1 aliphatic carbocycles. The lowest BCUT2D eigenvalue weighted by molar-refractivity contribution is 0.574. The van der Waals surface area contributed by atoms with Gasteiger partial charge in [0.2, 0.25) is 0 Å². The average Bonchev–Trinajstić information content (AvgIpc) is 2.84. The first kappa shape index (κ1) is 14.9. The molecule has 0 saturated carbocycles. The van der Waals surface area contributed by atoms with Crippen LogP contribution in [-0.4, -0.2) is 17.5 Å². The van der Waals surface area contributed by atoms with Gasteiger partial charge in [-0.25, -0.2) is 0 Å². The fourth-order valence-corrected chi connectivity index (χ4v) is 3.75. The summed E-state index contributed by atoms with van der Waals surface area (Å²) in [4.78, 5) is 0. The standard InChI is InChI=1S/C16H26N2S/c1-12(2)10-19-11-16(18-17)9-13-6-7-14-4-3-5-15(14)8-13/h6-8,12,16,18H,3-5,9-11,17H2,1-2H3. The highest BCUT2D eigenvalue weighted by atomic mass is 32.2. The van der Waals surface area contributed by atoms with E-state index < -0.39 is 0 Å². The molecule has 1 atom stereocenters. The molecule has 1 aromatic rings. The zero-order chi connectivity index (χ0) is 13.7. The van der Waals surface area contributed by atoms with Crippen molar-refractivity contribution >= 4 is 11.8 Å². The molecule has 1 unspecified atom stereocenters. The number of hydrogen-bond acceptors (Lipinski definition) is 3. The number of nitrogens with one attached hydrogen (secondary N) is 1. The van der Waals surface area contributed by atoms with Gasteiger partial charge in [-0.3, -0.25) is 11.3 Å². The van der Waals surface area contributed by atoms with E-state index in [1.807, 2.05) is 11.8 Å².